The van der Waals surface area contributed by atoms with Gasteiger partial charge in [-0.05, 0) is 11.8 Å². The van der Waals surface area contributed by atoms with Gasteiger partial charge in [-0.1, -0.05) is 34.1 Å². The molecule has 2 amide bonds. The van der Waals surface area contributed by atoms with Crippen LogP contribution in [-0.4, -0.2) is 30.9 Å². The second-order valence-corrected chi connectivity index (χ2v) is 4.76. The van der Waals surface area contributed by atoms with Crippen LogP contribution in [0.3, 0.4) is 0 Å². The zero-order valence-electron chi connectivity index (χ0n) is 11.4. The summed E-state index contributed by atoms with van der Waals surface area (Å²) in [6.45, 7) is 7.67. The summed E-state index contributed by atoms with van der Waals surface area (Å²) < 4.78 is 0. The summed E-state index contributed by atoms with van der Waals surface area (Å²) in [5.74, 6) is -0.312. The minimum atomic E-state index is -0.578. The molecule has 0 aliphatic carbocycles. The highest BCUT2D eigenvalue weighted by atomic mass is 16.2. The van der Waals surface area contributed by atoms with E-state index in [0.29, 0.717) is 0 Å². The Balaban J connectivity index is 4.64. The monoisotopic (exact) mass is 243 g/mol. The molecule has 0 aromatic rings. The van der Waals surface area contributed by atoms with Crippen molar-refractivity contribution in [3.63, 3.8) is 0 Å². The molecule has 0 aromatic heterocycles. The van der Waals surface area contributed by atoms with Gasteiger partial charge in [0.1, 0.15) is 6.04 Å². The molecule has 5 nitrogen and oxygen atoms in total. The number of amides is 2. The Labute approximate surface area is 104 Å². The fourth-order valence-electron chi connectivity index (χ4n) is 1.41. The first-order chi connectivity index (χ1) is 7.84. The average molecular weight is 243 g/mol. The summed E-state index contributed by atoms with van der Waals surface area (Å²) in [6.07, 6.45) is 0.815. The molecule has 0 aromatic carbocycles. The molecule has 0 aliphatic rings. The van der Waals surface area contributed by atoms with Crippen LogP contribution in [0.5, 0.6) is 0 Å². The predicted molar refractivity (Wildman–Crippen MR) is 68.3 cm³/mol. The van der Waals surface area contributed by atoms with Crippen molar-refractivity contribution in [2.24, 2.45) is 17.6 Å². The molecule has 0 unspecified atom stereocenters. The van der Waals surface area contributed by atoms with Crippen molar-refractivity contribution in [1.82, 2.24) is 10.6 Å². The van der Waals surface area contributed by atoms with Crippen molar-refractivity contribution in [1.29, 1.82) is 0 Å². The van der Waals surface area contributed by atoms with Crippen LogP contribution in [0, 0.1) is 11.8 Å². The maximum atomic E-state index is 11.8. The van der Waals surface area contributed by atoms with Crippen molar-refractivity contribution in [2.75, 3.05) is 7.05 Å². The molecule has 4 N–H and O–H groups in total. The fourth-order valence-corrected chi connectivity index (χ4v) is 1.41. The predicted octanol–water partition coefficient (Wildman–Crippen LogP) is 0.247. The smallest absolute Gasteiger partial charge is 0.242 e. The second-order valence-electron chi connectivity index (χ2n) is 4.76. The maximum Gasteiger partial charge on any atom is 0.242 e. The largest absolute Gasteiger partial charge is 0.357 e. The van der Waals surface area contributed by atoms with Crippen molar-refractivity contribution >= 4 is 11.8 Å². The topological polar surface area (TPSA) is 84.2 Å². The minimum absolute atomic E-state index is 0.0530. The molecule has 0 saturated carbocycles. The Morgan fingerprint density at radius 2 is 1.71 bits per heavy atom. The molecule has 0 bridgehead atoms. The summed E-state index contributed by atoms with van der Waals surface area (Å²) in [4.78, 5) is 23.5. The Morgan fingerprint density at radius 3 is 2.06 bits per heavy atom. The molecule has 0 saturated heterocycles. The van der Waals surface area contributed by atoms with E-state index >= 15 is 0 Å². The summed E-state index contributed by atoms with van der Waals surface area (Å²) in [5, 5.41) is 5.28. The fraction of sp³-hybridized carbons (Fsp3) is 0.833. The van der Waals surface area contributed by atoms with Gasteiger partial charge < -0.3 is 16.4 Å². The van der Waals surface area contributed by atoms with Gasteiger partial charge in [-0.25, -0.2) is 0 Å². The molecule has 5 heteroatoms. The molecule has 17 heavy (non-hydrogen) atoms. The van der Waals surface area contributed by atoms with Crippen LogP contribution in [0.4, 0.5) is 0 Å². The summed E-state index contributed by atoms with van der Waals surface area (Å²) in [7, 11) is 1.56. The highest BCUT2D eigenvalue weighted by molar-refractivity contribution is 5.89. The normalized spacial score (nSPS) is 16.2. The van der Waals surface area contributed by atoms with E-state index < -0.39 is 12.1 Å². The van der Waals surface area contributed by atoms with E-state index in [2.05, 4.69) is 10.6 Å². The van der Waals surface area contributed by atoms with Gasteiger partial charge >= 0.3 is 0 Å². The van der Waals surface area contributed by atoms with Gasteiger partial charge in [0.05, 0.1) is 6.04 Å². The van der Waals surface area contributed by atoms with Crippen LogP contribution in [0.2, 0.25) is 0 Å². The standard InChI is InChI=1S/C12H25N3O2/c1-6-8(4)10(12(17)14-5)15-11(16)9(13)7(2)3/h7-10H,6,13H2,1-5H3,(H,14,17)(H,15,16)/t8-,9-,10-/m0/s1. The zero-order valence-corrected chi connectivity index (χ0v) is 11.4. The number of hydrogen-bond acceptors (Lipinski definition) is 3. The Hall–Kier alpha value is -1.10. The van der Waals surface area contributed by atoms with E-state index in [9.17, 15) is 9.59 Å². The van der Waals surface area contributed by atoms with Crippen molar-refractivity contribution in [2.45, 2.75) is 46.2 Å². The maximum absolute atomic E-state index is 11.8. The number of nitrogens with one attached hydrogen (secondary N) is 2. The first-order valence-electron chi connectivity index (χ1n) is 6.12. The van der Waals surface area contributed by atoms with Gasteiger partial charge in [0.15, 0.2) is 0 Å². The SMILES string of the molecule is CC[C@H](C)[C@H](NC(=O)[C@@H](N)C(C)C)C(=O)NC. The van der Waals surface area contributed by atoms with Gasteiger partial charge in [0, 0.05) is 7.05 Å². The van der Waals surface area contributed by atoms with Gasteiger partial charge in [-0.2, -0.15) is 0 Å². The average Bonchev–Trinajstić information content (AvgIpc) is 2.32. The first kappa shape index (κ1) is 15.9. The van der Waals surface area contributed by atoms with E-state index in [1.54, 1.807) is 7.05 Å². The van der Waals surface area contributed by atoms with Crippen molar-refractivity contribution in [3.05, 3.63) is 0 Å². The van der Waals surface area contributed by atoms with Crippen LogP contribution in [0.15, 0.2) is 0 Å². The third-order valence-corrected chi connectivity index (χ3v) is 3.06. The lowest BCUT2D eigenvalue weighted by Crippen LogP contribution is -2.54. The van der Waals surface area contributed by atoms with Crippen molar-refractivity contribution in [3.8, 4) is 0 Å². The lowest BCUT2D eigenvalue weighted by atomic mass is 9.97. The molecule has 3 atom stereocenters. The molecule has 0 spiro atoms. The minimum Gasteiger partial charge on any atom is -0.357 e. The Bertz CT molecular complexity index is 266. The molecule has 0 rings (SSSR count). The summed E-state index contributed by atoms with van der Waals surface area (Å²) in [6, 6.07) is -1.09. The lowest BCUT2D eigenvalue weighted by molar-refractivity contribution is -0.131. The van der Waals surface area contributed by atoms with E-state index in [0.717, 1.165) is 6.42 Å². The second kappa shape index (κ2) is 7.27. The number of nitrogens with two attached hydrogens (primary N) is 1. The molecule has 0 radical (unpaired) electrons. The van der Waals surface area contributed by atoms with Crippen LogP contribution < -0.4 is 16.4 Å². The number of carbonyl (C=O) groups excluding carboxylic acids is 2. The molecule has 0 heterocycles. The number of likely N-dealkylation sites (N-methyl/N-ethyl adjacent to an activating group) is 1. The first-order valence-corrected chi connectivity index (χ1v) is 6.12. The van der Waals surface area contributed by atoms with Gasteiger partial charge in [-0.3, -0.25) is 9.59 Å². The van der Waals surface area contributed by atoms with Crippen LogP contribution in [0.25, 0.3) is 0 Å². The number of hydrogen-bond donors (Lipinski definition) is 3. The van der Waals surface area contributed by atoms with Crippen molar-refractivity contribution < 1.29 is 9.59 Å². The van der Waals surface area contributed by atoms with Gasteiger partial charge in [0.25, 0.3) is 0 Å². The van der Waals surface area contributed by atoms with E-state index in [1.165, 1.54) is 0 Å². The van der Waals surface area contributed by atoms with Crippen LogP contribution in [0.1, 0.15) is 34.1 Å². The molecule has 0 fully saturated rings. The highest BCUT2D eigenvalue weighted by Gasteiger charge is 2.27. The summed E-state index contributed by atoms with van der Waals surface area (Å²) >= 11 is 0. The number of rotatable bonds is 6. The zero-order chi connectivity index (χ0) is 13.6. The van der Waals surface area contributed by atoms with Gasteiger partial charge in [0.2, 0.25) is 11.8 Å². The summed E-state index contributed by atoms with van der Waals surface area (Å²) in [5.41, 5.74) is 5.75. The third-order valence-electron chi connectivity index (χ3n) is 3.06. The van der Waals surface area contributed by atoms with Crippen LogP contribution >= 0.6 is 0 Å². The Morgan fingerprint density at radius 1 is 1.18 bits per heavy atom. The third kappa shape index (κ3) is 4.73. The molecule has 0 aliphatic heterocycles. The molecular weight excluding hydrogens is 218 g/mol. The van der Waals surface area contributed by atoms with E-state index in [-0.39, 0.29) is 23.7 Å². The van der Waals surface area contributed by atoms with E-state index in [1.807, 2.05) is 27.7 Å². The quantitative estimate of drug-likeness (QED) is 0.625. The highest BCUT2D eigenvalue weighted by Crippen LogP contribution is 2.09. The molecule has 100 valence electrons. The van der Waals surface area contributed by atoms with Crippen LogP contribution in [-0.2, 0) is 9.59 Å². The van der Waals surface area contributed by atoms with E-state index in [4.69, 9.17) is 5.73 Å². The Kier molecular flexibility index (Phi) is 6.80. The van der Waals surface area contributed by atoms with Gasteiger partial charge in [-0.15, -0.1) is 0 Å². The lowest BCUT2D eigenvalue weighted by Gasteiger charge is -2.25. The number of carbonyl (C=O) groups is 2. The molecular formula is C12H25N3O2.